The molecule has 0 spiro atoms. The van der Waals surface area contributed by atoms with Crippen LogP contribution in [0.2, 0.25) is 0 Å². The number of amides is 1. The summed E-state index contributed by atoms with van der Waals surface area (Å²) in [6, 6.07) is 0. The molecule has 1 amide bonds. The second-order valence-corrected chi connectivity index (χ2v) is 4.67. The van der Waals surface area contributed by atoms with Crippen molar-refractivity contribution in [2.75, 3.05) is 18.8 Å². The molecule has 0 unspecified atom stereocenters. The third-order valence-corrected chi connectivity index (χ3v) is 3.41. The van der Waals surface area contributed by atoms with Gasteiger partial charge in [0.2, 0.25) is 0 Å². The van der Waals surface area contributed by atoms with Gasteiger partial charge < -0.3 is 10.6 Å². The third-order valence-electron chi connectivity index (χ3n) is 3.41. The highest BCUT2D eigenvalue weighted by Crippen LogP contribution is 2.42. The van der Waals surface area contributed by atoms with Gasteiger partial charge >= 0.3 is 0 Å². The highest BCUT2D eigenvalue weighted by Gasteiger charge is 2.31. The van der Waals surface area contributed by atoms with Crippen LogP contribution in [-0.4, -0.2) is 34.1 Å². The molecule has 16 heavy (non-hydrogen) atoms. The molecule has 0 radical (unpaired) electrons. The van der Waals surface area contributed by atoms with Crippen LogP contribution >= 0.6 is 0 Å². The first-order chi connectivity index (χ1) is 7.77. The van der Waals surface area contributed by atoms with E-state index in [0.717, 1.165) is 44.5 Å². The van der Waals surface area contributed by atoms with Gasteiger partial charge in [0, 0.05) is 19.0 Å². The highest BCUT2D eigenvalue weighted by atomic mass is 16.2. The zero-order valence-electron chi connectivity index (χ0n) is 9.20. The summed E-state index contributed by atoms with van der Waals surface area (Å²) in [5.41, 5.74) is 7.92. The molecule has 5 heteroatoms. The van der Waals surface area contributed by atoms with E-state index in [1.165, 1.54) is 0 Å². The molecule has 1 saturated carbocycles. The number of nitrogens with zero attached hydrogens (tertiary/aromatic N) is 2. The van der Waals surface area contributed by atoms with E-state index in [2.05, 4.69) is 10.2 Å². The predicted octanol–water partition coefficient (Wildman–Crippen LogP) is 1.11. The standard InChI is InChI=1S/C11H16N4O/c12-8-9(7-3-4-7)13-14-10(8)11(16)15-5-1-2-6-15/h7H,1-6,12H2,(H,13,14). The fourth-order valence-electron chi connectivity index (χ4n) is 2.28. The molecule has 1 aliphatic heterocycles. The Labute approximate surface area is 94.0 Å². The molecular weight excluding hydrogens is 204 g/mol. The summed E-state index contributed by atoms with van der Waals surface area (Å²) in [6.45, 7) is 1.67. The maximum absolute atomic E-state index is 12.1. The minimum Gasteiger partial charge on any atom is -0.395 e. The summed E-state index contributed by atoms with van der Waals surface area (Å²) in [6.07, 6.45) is 4.49. The Morgan fingerprint density at radius 2 is 2.06 bits per heavy atom. The van der Waals surface area contributed by atoms with Crippen molar-refractivity contribution in [2.45, 2.75) is 31.6 Å². The van der Waals surface area contributed by atoms with E-state index < -0.39 is 0 Å². The Morgan fingerprint density at radius 3 is 2.69 bits per heavy atom. The fourth-order valence-corrected chi connectivity index (χ4v) is 2.28. The molecule has 1 aromatic heterocycles. The number of nitrogens with one attached hydrogen (secondary N) is 1. The number of carbonyl (C=O) groups excluding carboxylic acids is 1. The number of aromatic nitrogens is 2. The first-order valence-corrected chi connectivity index (χ1v) is 5.90. The minimum atomic E-state index is -0.0156. The maximum atomic E-state index is 12.1. The summed E-state index contributed by atoms with van der Waals surface area (Å²) >= 11 is 0. The van der Waals surface area contributed by atoms with Crippen LogP contribution in [0.1, 0.15) is 47.8 Å². The monoisotopic (exact) mass is 220 g/mol. The Kier molecular flexibility index (Phi) is 2.12. The lowest BCUT2D eigenvalue weighted by molar-refractivity contribution is 0.0788. The van der Waals surface area contributed by atoms with Crippen LogP contribution < -0.4 is 5.73 Å². The molecule has 0 bridgehead atoms. The zero-order chi connectivity index (χ0) is 11.1. The fraction of sp³-hybridized carbons (Fsp3) is 0.636. The summed E-state index contributed by atoms with van der Waals surface area (Å²) in [5, 5.41) is 7.00. The molecule has 0 atom stereocenters. The number of hydrogen-bond acceptors (Lipinski definition) is 3. The normalized spacial score (nSPS) is 20.4. The van der Waals surface area contributed by atoms with Crippen molar-refractivity contribution in [3.8, 4) is 0 Å². The third kappa shape index (κ3) is 1.47. The molecule has 3 N–H and O–H groups in total. The lowest BCUT2D eigenvalue weighted by atomic mass is 10.2. The average molecular weight is 220 g/mol. The molecule has 2 heterocycles. The molecule has 2 fully saturated rings. The van der Waals surface area contributed by atoms with Gasteiger partial charge in [0.1, 0.15) is 0 Å². The van der Waals surface area contributed by atoms with E-state index in [-0.39, 0.29) is 5.91 Å². The van der Waals surface area contributed by atoms with E-state index in [1.54, 1.807) is 0 Å². The van der Waals surface area contributed by atoms with Gasteiger partial charge in [0.15, 0.2) is 5.69 Å². The Balaban J connectivity index is 1.85. The molecule has 1 aromatic rings. The summed E-state index contributed by atoms with van der Waals surface area (Å²) in [4.78, 5) is 13.9. The van der Waals surface area contributed by atoms with E-state index in [0.29, 0.717) is 17.3 Å². The second-order valence-electron chi connectivity index (χ2n) is 4.67. The van der Waals surface area contributed by atoms with Gasteiger partial charge in [-0.3, -0.25) is 9.89 Å². The van der Waals surface area contributed by atoms with Crippen molar-refractivity contribution in [1.82, 2.24) is 15.1 Å². The molecule has 1 saturated heterocycles. The van der Waals surface area contributed by atoms with Gasteiger partial charge in [0.05, 0.1) is 11.4 Å². The minimum absolute atomic E-state index is 0.0156. The van der Waals surface area contributed by atoms with Crippen molar-refractivity contribution in [3.63, 3.8) is 0 Å². The topological polar surface area (TPSA) is 75.0 Å². The number of likely N-dealkylation sites (tertiary alicyclic amines) is 1. The van der Waals surface area contributed by atoms with Crippen LogP contribution in [0, 0.1) is 0 Å². The predicted molar refractivity (Wildman–Crippen MR) is 60.1 cm³/mol. The van der Waals surface area contributed by atoms with E-state index in [9.17, 15) is 4.79 Å². The number of rotatable bonds is 2. The van der Waals surface area contributed by atoms with Crippen molar-refractivity contribution >= 4 is 11.6 Å². The van der Waals surface area contributed by atoms with Gasteiger partial charge in [-0.15, -0.1) is 0 Å². The quantitative estimate of drug-likeness (QED) is 0.783. The number of anilines is 1. The molecule has 1 aliphatic carbocycles. The molecule has 0 aromatic carbocycles. The lowest BCUT2D eigenvalue weighted by Gasteiger charge is -2.13. The molecule has 86 valence electrons. The molecule has 2 aliphatic rings. The van der Waals surface area contributed by atoms with E-state index in [4.69, 9.17) is 5.73 Å². The van der Waals surface area contributed by atoms with Gasteiger partial charge in [0.25, 0.3) is 5.91 Å². The van der Waals surface area contributed by atoms with Crippen LogP contribution in [0.5, 0.6) is 0 Å². The summed E-state index contributed by atoms with van der Waals surface area (Å²) in [5.74, 6) is 0.491. The molecular formula is C11H16N4O. The Bertz CT molecular complexity index is 416. The zero-order valence-corrected chi connectivity index (χ0v) is 9.20. The summed E-state index contributed by atoms with van der Waals surface area (Å²) < 4.78 is 0. The van der Waals surface area contributed by atoms with Gasteiger partial charge in [-0.25, -0.2) is 0 Å². The molecule has 5 nitrogen and oxygen atoms in total. The first-order valence-electron chi connectivity index (χ1n) is 5.90. The average Bonchev–Trinajstić information content (AvgIpc) is 2.84. The Hall–Kier alpha value is -1.52. The van der Waals surface area contributed by atoms with E-state index >= 15 is 0 Å². The smallest absolute Gasteiger partial charge is 0.276 e. The van der Waals surface area contributed by atoms with Gasteiger partial charge in [-0.2, -0.15) is 5.10 Å². The summed E-state index contributed by atoms with van der Waals surface area (Å²) in [7, 11) is 0. The number of nitrogens with two attached hydrogens (primary N) is 1. The van der Waals surface area contributed by atoms with Crippen LogP contribution in [0.4, 0.5) is 5.69 Å². The molecule has 3 rings (SSSR count). The number of hydrogen-bond donors (Lipinski definition) is 2. The van der Waals surface area contributed by atoms with Crippen molar-refractivity contribution in [1.29, 1.82) is 0 Å². The number of nitrogen functional groups attached to an aromatic ring is 1. The maximum Gasteiger partial charge on any atom is 0.276 e. The van der Waals surface area contributed by atoms with E-state index in [1.807, 2.05) is 4.90 Å². The highest BCUT2D eigenvalue weighted by molar-refractivity contribution is 5.97. The van der Waals surface area contributed by atoms with Crippen molar-refractivity contribution in [2.24, 2.45) is 0 Å². The largest absolute Gasteiger partial charge is 0.395 e. The first kappa shape index (κ1) is 9.69. The lowest BCUT2D eigenvalue weighted by Crippen LogP contribution is -2.28. The number of H-pyrrole nitrogens is 1. The van der Waals surface area contributed by atoms with Crippen molar-refractivity contribution < 1.29 is 4.79 Å². The van der Waals surface area contributed by atoms with Gasteiger partial charge in [-0.05, 0) is 25.7 Å². The van der Waals surface area contributed by atoms with Crippen LogP contribution in [0.25, 0.3) is 0 Å². The van der Waals surface area contributed by atoms with Crippen LogP contribution in [0.15, 0.2) is 0 Å². The van der Waals surface area contributed by atoms with Gasteiger partial charge in [-0.1, -0.05) is 0 Å². The van der Waals surface area contributed by atoms with Crippen LogP contribution in [-0.2, 0) is 0 Å². The van der Waals surface area contributed by atoms with Crippen LogP contribution in [0.3, 0.4) is 0 Å². The second kappa shape index (κ2) is 3.50. The number of carbonyl (C=O) groups is 1. The Morgan fingerprint density at radius 1 is 1.38 bits per heavy atom. The van der Waals surface area contributed by atoms with Crippen molar-refractivity contribution in [3.05, 3.63) is 11.4 Å². The number of aromatic amines is 1. The SMILES string of the molecule is Nc1c(C(=O)N2CCCC2)n[nH]c1C1CC1.